The molecule has 0 saturated heterocycles. The summed E-state index contributed by atoms with van der Waals surface area (Å²) >= 11 is 0. The molecule has 0 aliphatic heterocycles. The van der Waals surface area contributed by atoms with Gasteiger partial charge in [-0.25, -0.2) is 0 Å². The quantitative estimate of drug-likeness (QED) is 0.567. The third-order valence-corrected chi connectivity index (χ3v) is 4.25. The molecule has 3 N–H and O–H groups in total. The Hall–Kier alpha value is -3.44. The average Bonchev–Trinajstić information content (AvgIpc) is 2.72. The summed E-state index contributed by atoms with van der Waals surface area (Å²) in [7, 11) is 1.57. The third-order valence-electron chi connectivity index (χ3n) is 4.25. The van der Waals surface area contributed by atoms with Gasteiger partial charge in [-0.3, -0.25) is 0 Å². The average molecular weight is 378 g/mol. The molecule has 0 radical (unpaired) electrons. The zero-order chi connectivity index (χ0) is 19.9. The second-order valence-electron chi connectivity index (χ2n) is 6.23. The molecule has 5 heteroatoms. The molecule has 0 aromatic heterocycles. The second-order valence-corrected chi connectivity index (χ2v) is 6.23. The van der Waals surface area contributed by atoms with Crippen molar-refractivity contribution >= 4 is 6.08 Å². The molecule has 1 atom stereocenters. The van der Waals surface area contributed by atoms with Crippen molar-refractivity contribution in [2.24, 2.45) is 0 Å². The lowest BCUT2D eigenvalue weighted by molar-refractivity contribution is 0.217. The van der Waals surface area contributed by atoms with Crippen molar-refractivity contribution in [1.29, 1.82) is 0 Å². The maximum absolute atomic E-state index is 10.6. The Kier molecular flexibility index (Phi) is 6.19. The summed E-state index contributed by atoms with van der Waals surface area (Å²) in [6.45, 7) is 0.357. The summed E-state index contributed by atoms with van der Waals surface area (Å²) in [5.41, 5.74) is 2.07. The van der Waals surface area contributed by atoms with Crippen molar-refractivity contribution in [2.75, 3.05) is 7.11 Å². The highest BCUT2D eigenvalue weighted by molar-refractivity contribution is 5.59. The monoisotopic (exact) mass is 378 g/mol. The van der Waals surface area contributed by atoms with Gasteiger partial charge in [-0.2, -0.15) is 0 Å². The van der Waals surface area contributed by atoms with Crippen LogP contribution in [-0.2, 0) is 6.61 Å². The van der Waals surface area contributed by atoms with Crippen LogP contribution in [0.25, 0.3) is 6.08 Å². The van der Waals surface area contributed by atoms with E-state index >= 15 is 0 Å². The van der Waals surface area contributed by atoms with Crippen LogP contribution in [0.4, 0.5) is 0 Å². The van der Waals surface area contributed by atoms with Crippen molar-refractivity contribution in [3.8, 4) is 23.0 Å². The Balaban J connectivity index is 1.82. The molecule has 0 spiro atoms. The highest BCUT2D eigenvalue weighted by Gasteiger charge is 2.13. The number of benzene rings is 3. The van der Waals surface area contributed by atoms with Gasteiger partial charge in [-0.1, -0.05) is 42.5 Å². The fourth-order valence-corrected chi connectivity index (χ4v) is 2.72. The number of aliphatic hydroxyl groups is 1. The topological polar surface area (TPSA) is 79.2 Å². The molecule has 0 aliphatic rings. The van der Waals surface area contributed by atoms with Crippen molar-refractivity contribution in [1.82, 2.24) is 0 Å². The van der Waals surface area contributed by atoms with Gasteiger partial charge in [-0.05, 0) is 29.8 Å². The molecule has 5 nitrogen and oxygen atoms in total. The van der Waals surface area contributed by atoms with Crippen LogP contribution >= 0.6 is 0 Å². The van der Waals surface area contributed by atoms with E-state index in [-0.39, 0.29) is 11.5 Å². The maximum atomic E-state index is 10.6. The largest absolute Gasteiger partial charge is 0.508 e. The minimum atomic E-state index is -0.954. The number of hydrogen-bond donors (Lipinski definition) is 3. The van der Waals surface area contributed by atoms with E-state index in [4.69, 9.17) is 9.47 Å². The fraction of sp³-hybridized carbons (Fsp3) is 0.130. The number of aliphatic hydroxyl groups excluding tert-OH is 1. The lowest BCUT2D eigenvalue weighted by Gasteiger charge is -2.15. The zero-order valence-corrected chi connectivity index (χ0v) is 15.4. The van der Waals surface area contributed by atoms with E-state index in [1.54, 1.807) is 43.5 Å². The minimum Gasteiger partial charge on any atom is -0.508 e. The molecule has 0 bridgehead atoms. The molecule has 1 unspecified atom stereocenters. The van der Waals surface area contributed by atoms with E-state index in [2.05, 4.69) is 0 Å². The van der Waals surface area contributed by atoms with Gasteiger partial charge in [-0.15, -0.1) is 0 Å². The first-order valence-corrected chi connectivity index (χ1v) is 8.79. The predicted molar refractivity (Wildman–Crippen MR) is 108 cm³/mol. The van der Waals surface area contributed by atoms with Crippen LogP contribution in [-0.4, -0.2) is 22.4 Å². The molecule has 28 heavy (non-hydrogen) atoms. The van der Waals surface area contributed by atoms with Crippen LogP contribution in [0.3, 0.4) is 0 Å². The number of hydrogen-bond acceptors (Lipinski definition) is 5. The summed E-state index contributed by atoms with van der Waals surface area (Å²) in [6, 6.07) is 19.2. The van der Waals surface area contributed by atoms with E-state index in [9.17, 15) is 15.3 Å². The van der Waals surface area contributed by atoms with E-state index in [1.165, 1.54) is 12.1 Å². The number of phenolic OH excluding ortho intramolecular Hbond substituents is 2. The Labute approximate surface area is 163 Å². The third kappa shape index (κ3) is 4.84. The lowest BCUT2D eigenvalue weighted by atomic mass is 10.1. The van der Waals surface area contributed by atoms with Crippen molar-refractivity contribution < 1.29 is 24.8 Å². The summed E-state index contributed by atoms with van der Waals surface area (Å²) in [5, 5.41) is 29.9. The zero-order valence-electron chi connectivity index (χ0n) is 15.4. The smallest absolute Gasteiger partial charge is 0.129 e. The highest BCUT2D eigenvalue weighted by Crippen LogP contribution is 2.32. The molecule has 0 amide bonds. The summed E-state index contributed by atoms with van der Waals surface area (Å²) in [4.78, 5) is 0. The van der Waals surface area contributed by atoms with Gasteiger partial charge in [0.1, 0.15) is 35.7 Å². The van der Waals surface area contributed by atoms with Crippen LogP contribution in [0, 0.1) is 0 Å². The van der Waals surface area contributed by atoms with E-state index in [0.29, 0.717) is 29.2 Å². The molecular formula is C23H22O5. The Morgan fingerprint density at radius 1 is 0.964 bits per heavy atom. The van der Waals surface area contributed by atoms with E-state index in [1.807, 2.05) is 30.3 Å². The first-order valence-electron chi connectivity index (χ1n) is 8.79. The number of aromatic hydroxyl groups is 2. The number of methoxy groups -OCH3 is 1. The van der Waals surface area contributed by atoms with Gasteiger partial charge in [0.25, 0.3) is 0 Å². The molecule has 144 valence electrons. The number of rotatable bonds is 7. The molecule has 0 heterocycles. The van der Waals surface area contributed by atoms with Crippen LogP contribution in [0.5, 0.6) is 23.0 Å². The van der Waals surface area contributed by atoms with Crippen LogP contribution in [0.2, 0.25) is 0 Å². The highest BCUT2D eigenvalue weighted by atomic mass is 16.5. The van der Waals surface area contributed by atoms with E-state index < -0.39 is 6.10 Å². The Morgan fingerprint density at radius 3 is 2.46 bits per heavy atom. The molecule has 3 rings (SSSR count). The summed E-state index contributed by atoms with van der Waals surface area (Å²) in [5.74, 6) is 1.04. The fourth-order valence-electron chi connectivity index (χ4n) is 2.72. The van der Waals surface area contributed by atoms with Crippen molar-refractivity contribution in [2.45, 2.75) is 12.7 Å². The standard InChI is InChI=1S/C23H22O5/c1-27-19-10-11-20(23(14-19)28-15-16-5-3-2-4-6-16)21(25)12-8-17-7-9-18(24)13-22(17)26/h2-14,21,24-26H,15H2,1H3. The summed E-state index contributed by atoms with van der Waals surface area (Å²) in [6.07, 6.45) is 2.18. The van der Waals surface area contributed by atoms with Crippen LogP contribution in [0.15, 0.2) is 72.8 Å². The molecule has 0 saturated carbocycles. The van der Waals surface area contributed by atoms with Crippen LogP contribution < -0.4 is 9.47 Å². The lowest BCUT2D eigenvalue weighted by Crippen LogP contribution is -2.02. The Morgan fingerprint density at radius 2 is 1.75 bits per heavy atom. The SMILES string of the molecule is COc1ccc(C(O)C=Cc2ccc(O)cc2O)c(OCc2ccccc2)c1. The minimum absolute atomic E-state index is 0.0260. The van der Waals surface area contributed by atoms with Gasteiger partial charge in [0.15, 0.2) is 0 Å². The van der Waals surface area contributed by atoms with Crippen LogP contribution in [0.1, 0.15) is 22.8 Å². The molecule has 0 aliphatic carbocycles. The molecule has 0 fully saturated rings. The molecular weight excluding hydrogens is 356 g/mol. The maximum Gasteiger partial charge on any atom is 0.129 e. The summed E-state index contributed by atoms with van der Waals surface area (Å²) < 4.78 is 11.2. The van der Waals surface area contributed by atoms with Gasteiger partial charge in [0, 0.05) is 23.3 Å². The van der Waals surface area contributed by atoms with Gasteiger partial charge in [0.05, 0.1) is 7.11 Å². The Bertz CT molecular complexity index is 950. The van der Waals surface area contributed by atoms with Gasteiger partial charge < -0.3 is 24.8 Å². The molecule has 3 aromatic rings. The van der Waals surface area contributed by atoms with Crippen molar-refractivity contribution in [3.63, 3.8) is 0 Å². The van der Waals surface area contributed by atoms with E-state index in [0.717, 1.165) is 5.56 Å². The first-order chi connectivity index (χ1) is 13.6. The van der Waals surface area contributed by atoms with Gasteiger partial charge >= 0.3 is 0 Å². The first kappa shape index (κ1) is 19.3. The van der Waals surface area contributed by atoms with Crippen molar-refractivity contribution in [3.05, 3.63) is 89.5 Å². The number of phenols is 2. The van der Waals surface area contributed by atoms with Gasteiger partial charge in [0.2, 0.25) is 0 Å². The number of ether oxygens (including phenoxy) is 2. The normalized spacial score (nSPS) is 12.1. The molecule has 3 aromatic carbocycles. The predicted octanol–water partition coefficient (Wildman–Crippen LogP) is 4.43. The second kappa shape index (κ2) is 8.97.